The van der Waals surface area contributed by atoms with Crippen molar-refractivity contribution in [3.05, 3.63) is 6.07 Å². The molecule has 0 amide bonds. The lowest BCUT2D eigenvalue weighted by Gasteiger charge is -2.27. The highest BCUT2D eigenvalue weighted by Gasteiger charge is 2.31. The molecule has 2 rings (SSSR count). The van der Waals surface area contributed by atoms with Gasteiger partial charge in [-0.1, -0.05) is 19.8 Å². The highest BCUT2D eigenvalue weighted by molar-refractivity contribution is 5.42. The summed E-state index contributed by atoms with van der Waals surface area (Å²) in [5.41, 5.74) is 6.07. The van der Waals surface area contributed by atoms with E-state index in [1.807, 2.05) is 0 Å². The van der Waals surface area contributed by atoms with Crippen molar-refractivity contribution in [2.75, 3.05) is 24.7 Å². The van der Waals surface area contributed by atoms with E-state index in [0.717, 1.165) is 12.4 Å². The lowest BCUT2D eigenvalue weighted by Crippen LogP contribution is -2.26. The summed E-state index contributed by atoms with van der Waals surface area (Å²) >= 11 is 0. The molecule has 3 N–H and O–H groups in total. The summed E-state index contributed by atoms with van der Waals surface area (Å²) in [6, 6.07) is 1.79. The molecule has 0 spiro atoms. The second kappa shape index (κ2) is 5.42. The van der Waals surface area contributed by atoms with Crippen LogP contribution in [0.5, 0.6) is 5.88 Å². The molecular weight excluding hydrogens is 228 g/mol. The number of nitrogen functional groups attached to an aromatic ring is 1. The van der Waals surface area contributed by atoms with Gasteiger partial charge >= 0.3 is 0 Å². The number of aromatic nitrogens is 2. The molecule has 0 aliphatic heterocycles. The quantitative estimate of drug-likeness (QED) is 0.839. The Balaban J connectivity index is 2.03. The first-order valence-electron chi connectivity index (χ1n) is 6.60. The summed E-state index contributed by atoms with van der Waals surface area (Å²) in [4.78, 5) is 8.16. The van der Waals surface area contributed by atoms with E-state index < -0.39 is 0 Å². The highest BCUT2D eigenvalue weighted by atomic mass is 16.5. The van der Waals surface area contributed by atoms with Crippen molar-refractivity contribution in [1.82, 2.24) is 9.97 Å². The molecule has 1 aliphatic rings. The Labute approximate surface area is 108 Å². The summed E-state index contributed by atoms with van der Waals surface area (Å²) in [6.45, 7) is 3.21. The lowest BCUT2D eigenvalue weighted by atomic mass is 9.83. The van der Waals surface area contributed by atoms with Crippen LogP contribution in [0.3, 0.4) is 0 Å². The number of anilines is 2. The van der Waals surface area contributed by atoms with Gasteiger partial charge in [-0.15, -0.1) is 0 Å². The van der Waals surface area contributed by atoms with Crippen LogP contribution >= 0.6 is 0 Å². The van der Waals surface area contributed by atoms with Gasteiger partial charge in [0.2, 0.25) is 11.8 Å². The van der Waals surface area contributed by atoms with Crippen molar-refractivity contribution < 1.29 is 4.74 Å². The van der Waals surface area contributed by atoms with Crippen LogP contribution in [0.25, 0.3) is 0 Å². The molecule has 1 aliphatic carbocycles. The van der Waals surface area contributed by atoms with Gasteiger partial charge in [0.15, 0.2) is 0 Å². The standard InChI is InChI=1S/C13H22N4O/c1-3-13(6-4-5-7-13)9-15-10-8-11(18-2)17-12(14)16-10/h8H,3-7,9H2,1-2H3,(H3,14,15,16,17). The van der Waals surface area contributed by atoms with Crippen LogP contribution in [-0.4, -0.2) is 23.6 Å². The van der Waals surface area contributed by atoms with E-state index in [4.69, 9.17) is 10.5 Å². The van der Waals surface area contributed by atoms with Crippen LogP contribution in [0, 0.1) is 5.41 Å². The van der Waals surface area contributed by atoms with Gasteiger partial charge in [-0.3, -0.25) is 0 Å². The van der Waals surface area contributed by atoms with Crippen molar-refractivity contribution in [3.8, 4) is 5.88 Å². The molecule has 5 heteroatoms. The molecule has 0 bridgehead atoms. The van der Waals surface area contributed by atoms with Crippen molar-refractivity contribution in [2.45, 2.75) is 39.0 Å². The molecule has 0 atom stereocenters. The molecule has 1 heterocycles. The van der Waals surface area contributed by atoms with Gasteiger partial charge in [-0.05, 0) is 24.7 Å². The Bertz CT molecular complexity index is 402. The van der Waals surface area contributed by atoms with Crippen molar-refractivity contribution >= 4 is 11.8 Å². The van der Waals surface area contributed by atoms with Crippen molar-refractivity contribution in [3.63, 3.8) is 0 Å². The molecule has 0 saturated heterocycles. The van der Waals surface area contributed by atoms with Gasteiger partial charge in [0.25, 0.3) is 0 Å². The number of hydrogen-bond acceptors (Lipinski definition) is 5. The number of rotatable bonds is 5. The van der Waals surface area contributed by atoms with Crippen LogP contribution in [-0.2, 0) is 0 Å². The van der Waals surface area contributed by atoms with Crippen LogP contribution in [0.15, 0.2) is 6.07 Å². The first-order valence-corrected chi connectivity index (χ1v) is 6.60. The molecule has 0 radical (unpaired) electrons. The zero-order chi connectivity index (χ0) is 13.0. The average Bonchev–Trinajstić information content (AvgIpc) is 2.85. The summed E-state index contributed by atoms with van der Waals surface area (Å²) in [6.07, 6.45) is 6.48. The highest BCUT2D eigenvalue weighted by Crippen LogP contribution is 2.40. The van der Waals surface area contributed by atoms with Crippen molar-refractivity contribution in [2.24, 2.45) is 5.41 Å². The minimum atomic E-state index is 0.244. The Hall–Kier alpha value is -1.52. The zero-order valence-electron chi connectivity index (χ0n) is 11.2. The predicted octanol–water partition coefficient (Wildman–Crippen LogP) is 2.45. The maximum absolute atomic E-state index is 5.64. The first kappa shape index (κ1) is 12.9. The first-order chi connectivity index (χ1) is 8.67. The number of nitrogens with one attached hydrogen (secondary N) is 1. The Kier molecular flexibility index (Phi) is 3.89. The third-order valence-electron chi connectivity index (χ3n) is 3.99. The third kappa shape index (κ3) is 2.83. The maximum atomic E-state index is 5.64. The van der Waals surface area contributed by atoms with Crippen LogP contribution in [0.4, 0.5) is 11.8 Å². The molecule has 1 aromatic heterocycles. The molecular formula is C13H22N4O. The van der Waals surface area contributed by atoms with Gasteiger partial charge in [0, 0.05) is 12.6 Å². The molecule has 1 saturated carbocycles. The molecule has 0 aromatic carbocycles. The van der Waals surface area contributed by atoms with E-state index in [0.29, 0.717) is 11.3 Å². The molecule has 18 heavy (non-hydrogen) atoms. The minimum Gasteiger partial charge on any atom is -0.481 e. The number of methoxy groups -OCH3 is 1. The van der Waals surface area contributed by atoms with E-state index in [-0.39, 0.29) is 5.95 Å². The number of hydrogen-bond donors (Lipinski definition) is 2. The lowest BCUT2D eigenvalue weighted by molar-refractivity contribution is 0.306. The predicted molar refractivity (Wildman–Crippen MR) is 72.7 cm³/mol. The zero-order valence-corrected chi connectivity index (χ0v) is 11.2. The van der Waals surface area contributed by atoms with Crippen LogP contribution in [0.1, 0.15) is 39.0 Å². The van der Waals surface area contributed by atoms with Gasteiger partial charge in [0.05, 0.1) is 7.11 Å². The summed E-state index contributed by atoms with van der Waals surface area (Å²) in [5.74, 6) is 1.50. The fraction of sp³-hybridized carbons (Fsp3) is 0.692. The van der Waals surface area contributed by atoms with Gasteiger partial charge in [-0.2, -0.15) is 9.97 Å². The van der Waals surface area contributed by atoms with E-state index in [1.165, 1.54) is 32.1 Å². The van der Waals surface area contributed by atoms with E-state index >= 15 is 0 Å². The maximum Gasteiger partial charge on any atom is 0.225 e. The molecule has 1 aromatic rings. The van der Waals surface area contributed by atoms with Crippen LogP contribution < -0.4 is 15.8 Å². The minimum absolute atomic E-state index is 0.244. The molecule has 0 unspecified atom stereocenters. The van der Waals surface area contributed by atoms with Gasteiger partial charge in [0.1, 0.15) is 5.82 Å². The molecule has 5 nitrogen and oxygen atoms in total. The second-order valence-electron chi connectivity index (χ2n) is 5.07. The SMILES string of the molecule is CCC1(CNc2cc(OC)nc(N)n2)CCCC1. The van der Waals surface area contributed by atoms with Crippen LogP contribution in [0.2, 0.25) is 0 Å². The van der Waals surface area contributed by atoms with E-state index in [9.17, 15) is 0 Å². The largest absolute Gasteiger partial charge is 0.481 e. The molecule has 100 valence electrons. The Morgan fingerprint density at radius 3 is 2.72 bits per heavy atom. The summed E-state index contributed by atoms with van der Waals surface area (Å²) in [7, 11) is 1.58. The Morgan fingerprint density at radius 2 is 2.11 bits per heavy atom. The summed E-state index contributed by atoms with van der Waals surface area (Å²) in [5, 5.41) is 3.38. The third-order valence-corrected chi connectivity index (χ3v) is 3.99. The fourth-order valence-corrected chi connectivity index (χ4v) is 2.70. The molecule has 1 fully saturated rings. The summed E-state index contributed by atoms with van der Waals surface area (Å²) < 4.78 is 5.09. The fourth-order valence-electron chi connectivity index (χ4n) is 2.70. The van der Waals surface area contributed by atoms with Crippen molar-refractivity contribution in [1.29, 1.82) is 0 Å². The van der Waals surface area contributed by atoms with E-state index in [2.05, 4.69) is 22.2 Å². The average molecular weight is 250 g/mol. The topological polar surface area (TPSA) is 73.1 Å². The van der Waals surface area contributed by atoms with Gasteiger partial charge < -0.3 is 15.8 Å². The Morgan fingerprint density at radius 1 is 1.39 bits per heavy atom. The van der Waals surface area contributed by atoms with E-state index in [1.54, 1.807) is 13.2 Å². The number of ether oxygens (including phenoxy) is 1. The number of nitrogens with two attached hydrogens (primary N) is 1. The smallest absolute Gasteiger partial charge is 0.225 e. The number of nitrogens with zero attached hydrogens (tertiary/aromatic N) is 2. The van der Waals surface area contributed by atoms with Gasteiger partial charge in [-0.25, -0.2) is 0 Å². The monoisotopic (exact) mass is 250 g/mol. The normalized spacial score (nSPS) is 17.7. The second-order valence-corrected chi connectivity index (χ2v) is 5.07.